The average Bonchev–Trinajstić information content (AvgIpc) is 2.56. The third-order valence-electron chi connectivity index (χ3n) is 2.38. The van der Waals surface area contributed by atoms with Crippen LogP contribution in [-0.4, -0.2) is 11.1 Å². The molecule has 4 heteroatoms. The highest BCUT2D eigenvalue weighted by molar-refractivity contribution is 5.94. The van der Waals surface area contributed by atoms with E-state index in [2.05, 4.69) is 0 Å². The predicted molar refractivity (Wildman–Crippen MR) is 56.7 cm³/mol. The molecule has 2 rings (SSSR count). The molecule has 78 valence electrons. The minimum Gasteiger partial charge on any atom is -0.481 e. The number of rotatable bonds is 2. The second-order valence-electron chi connectivity index (χ2n) is 3.51. The average molecular weight is 205 g/mol. The van der Waals surface area contributed by atoms with Crippen LogP contribution in [-0.2, 0) is 11.2 Å². The lowest BCUT2D eigenvalue weighted by molar-refractivity contribution is -0.136. The monoisotopic (exact) mass is 205 g/mol. The van der Waals surface area contributed by atoms with Crippen molar-refractivity contribution in [3.8, 4) is 0 Å². The second kappa shape index (κ2) is 3.31. The number of benzene rings is 1. The molecule has 0 spiro atoms. The lowest BCUT2D eigenvalue weighted by Gasteiger charge is -2.00. The van der Waals surface area contributed by atoms with Crippen LogP contribution in [0, 0.1) is 6.92 Å². The van der Waals surface area contributed by atoms with Crippen LogP contribution in [0.4, 0.5) is 5.69 Å². The number of fused-ring (bicyclic) bond motifs is 1. The van der Waals surface area contributed by atoms with E-state index in [1.165, 1.54) is 6.26 Å². The Bertz CT molecular complexity index is 528. The van der Waals surface area contributed by atoms with Gasteiger partial charge < -0.3 is 15.3 Å². The predicted octanol–water partition coefficient (Wildman–Crippen LogP) is 1.95. The number of nitrogens with two attached hydrogens (primary N) is 1. The van der Waals surface area contributed by atoms with Crippen molar-refractivity contribution in [2.24, 2.45) is 0 Å². The van der Waals surface area contributed by atoms with E-state index in [4.69, 9.17) is 15.3 Å². The van der Waals surface area contributed by atoms with Crippen LogP contribution < -0.4 is 5.73 Å². The van der Waals surface area contributed by atoms with Crippen molar-refractivity contribution < 1.29 is 14.3 Å². The first-order valence-electron chi connectivity index (χ1n) is 4.56. The Hall–Kier alpha value is -1.97. The number of carboxylic acids is 1. The maximum absolute atomic E-state index is 10.6. The summed E-state index contributed by atoms with van der Waals surface area (Å²) in [5.74, 6) is -0.875. The van der Waals surface area contributed by atoms with Gasteiger partial charge in [-0.2, -0.15) is 0 Å². The molecule has 1 heterocycles. The molecule has 0 aliphatic carbocycles. The Morgan fingerprint density at radius 1 is 1.53 bits per heavy atom. The molecule has 0 aliphatic rings. The van der Waals surface area contributed by atoms with Crippen molar-refractivity contribution >= 4 is 22.6 Å². The highest BCUT2D eigenvalue weighted by Gasteiger charge is 2.13. The first-order valence-corrected chi connectivity index (χ1v) is 4.56. The van der Waals surface area contributed by atoms with Crippen molar-refractivity contribution in [1.29, 1.82) is 0 Å². The number of carboxylic acid groups (broad SMARTS) is 1. The summed E-state index contributed by atoms with van der Waals surface area (Å²) in [7, 11) is 0. The molecule has 0 atom stereocenters. The molecular formula is C11H11NO3. The van der Waals surface area contributed by atoms with Gasteiger partial charge in [0.25, 0.3) is 0 Å². The fourth-order valence-corrected chi connectivity index (χ4v) is 1.71. The number of hydrogen-bond acceptors (Lipinski definition) is 3. The molecule has 3 N–H and O–H groups in total. The van der Waals surface area contributed by atoms with Gasteiger partial charge in [-0.3, -0.25) is 4.79 Å². The van der Waals surface area contributed by atoms with Gasteiger partial charge in [0.2, 0.25) is 0 Å². The Morgan fingerprint density at radius 2 is 2.27 bits per heavy atom. The number of aliphatic carboxylic acids is 1. The SMILES string of the molecule is Cc1ccc(N)c2occ(CC(=O)O)c12. The third-order valence-corrected chi connectivity index (χ3v) is 2.38. The third kappa shape index (κ3) is 1.54. The summed E-state index contributed by atoms with van der Waals surface area (Å²) >= 11 is 0. The molecule has 0 saturated heterocycles. The van der Waals surface area contributed by atoms with Gasteiger partial charge in [-0.1, -0.05) is 6.07 Å². The summed E-state index contributed by atoms with van der Waals surface area (Å²) in [5, 5.41) is 9.55. The van der Waals surface area contributed by atoms with E-state index in [0.717, 1.165) is 10.9 Å². The van der Waals surface area contributed by atoms with Gasteiger partial charge >= 0.3 is 5.97 Å². The van der Waals surface area contributed by atoms with Gasteiger partial charge in [-0.05, 0) is 18.6 Å². The van der Waals surface area contributed by atoms with E-state index in [1.54, 1.807) is 6.07 Å². The Morgan fingerprint density at radius 3 is 2.93 bits per heavy atom. The molecule has 1 aromatic heterocycles. The number of nitrogen functional groups attached to an aromatic ring is 1. The van der Waals surface area contributed by atoms with E-state index in [0.29, 0.717) is 16.8 Å². The van der Waals surface area contributed by atoms with Gasteiger partial charge in [0.1, 0.15) is 0 Å². The highest BCUT2D eigenvalue weighted by atomic mass is 16.4. The van der Waals surface area contributed by atoms with Crippen LogP contribution in [0.1, 0.15) is 11.1 Å². The molecular weight excluding hydrogens is 194 g/mol. The maximum Gasteiger partial charge on any atom is 0.307 e. The Kier molecular flexibility index (Phi) is 2.11. The van der Waals surface area contributed by atoms with Crippen molar-refractivity contribution in [3.05, 3.63) is 29.5 Å². The zero-order chi connectivity index (χ0) is 11.0. The Balaban J connectivity index is 2.67. The van der Waals surface area contributed by atoms with Crippen molar-refractivity contribution in [2.45, 2.75) is 13.3 Å². The lowest BCUT2D eigenvalue weighted by atomic mass is 10.0. The first-order chi connectivity index (χ1) is 7.09. The molecule has 1 aromatic carbocycles. The molecule has 0 unspecified atom stereocenters. The molecule has 15 heavy (non-hydrogen) atoms. The minimum atomic E-state index is -0.875. The van der Waals surface area contributed by atoms with Crippen molar-refractivity contribution in [1.82, 2.24) is 0 Å². The fraction of sp³-hybridized carbons (Fsp3) is 0.182. The summed E-state index contributed by atoms with van der Waals surface area (Å²) < 4.78 is 5.27. The molecule has 0 bridgehead atoms. The molecule has 0 amide bonds. The molecule has 0 aliphatic heterocycles. The van der Waals surface area contributed by atoms with Gasteiger partial charge in [0.05, 0.1) is 18.4 Å². The maximum atomic E-state index is 10.6. The summed E-state index contributed by atoms with van der Waals surface area (Å²) in [6.07, 6.45) is 1.42. The number of hydrogen-bond donors (Lipinski definition) is 2. The number of carbonyl (C=O) groups is 1. The van der Waals surface area contributed by atoms with Crippen LogP contribution in [0.15, 0.2) is 22.8 Å². The molecule has 4 nitrogen and oxygen atoms in total. The first kappa shape index (κ1) is 9.58. The molecule has 0 radical (unpaired) electrons. The molecule has 2 aromatic rings. The van der Waals surface area contributed by atoms with Crippen LogP contribution in [0.3, 0.4) is 0 Å². The van der Waals surface area contributed by atoms with Crippen LogP contribution in [0.25, 0.3) is 11.0 Å². The topological polar surface area (TPSA) is 76.5 Å². The van der Waals surface area contributed by atoms with E-state index >= 15 is 0 Å². The minimum absolute atomic E-state index is 0.0444. The van der Waals surface area contributed by atoms with E-state index < -0.39 is 5.97 Å². The van der Waals surface area contributed by atoms with E-state index in [1.807, 2.05) is 13.0 Å². The zero-order valence-electron chi connectivity index (χ0n) is 8.28. The van der Waals surface area contributed by atoms with Crippen LogP contribution >= 0.6 is 0 Å². The summed E-state index contributed by atoms with van der Waals surface area (Å²) in [5.41, 5.74) is 8.48. The standard InChI is InChI=1S/C11H11NO3/c1-6-2-3-8(12)11-10(6)7(5-15-11)4-9(13)14/h2-3,5H,4,12H2,1H3,(H,13,14). The smallest absolute Gasteiger partial charge is 0.307 e. The molecule has 0 saturated carbocycles. The fourth-order valence-electron chi connectivity index (χ4n) is 1.71. The summed E-state index contributed by atoms with van der Waals surface area (Å²) in [6.45, 7) is 1.91. The van der Waals surface area contributed by atoms with Gasteiger partial charge in [-0.15, -0.1) is 0 Å². The Labute approximate surface area is 86.3 Å². The van der Waals surface area contributed by atoms with E-state index in [9.17, 15) is 4.79 Å². The van der Waals surface area contributed by atoms with Gasteiger partial charge in [0, 0.05) is 10.9 Å². The van der Waals surface area contributed by atoms with Crippen LogP contribution in [0.5, 0.6) is 0 Å². The zero-order valence-corrected chi connectivity index (χ0v) is 8.28. The summed E-state index contributed by atoms with van der Waals surface area (Å²) in [4.78, 5) is 10.6. The number of furan rings is 1. The quantitative estimate of drug-likeness (QED) is 0.734. The van der Waals surface area contributed by atoms with Crippen molar-refractivity contribution in [2.75, 3.05) is 5.73 Å². The van der Waals surface area contributed by atoms with Gasteiger partial charge in [-0.25, -0.2) is 0 Å². The highest BCUT2D eigenvalue weighted by Crippen LogP contribution is 2.29. The van der Waals surface area contributed by atoms with Gasteiger partial charge in [0.15, 0.2) is 5.58 Å². The normalized spacial score (nSPS) is 10.7. The second-order valence-corrected chi connectivity index (χ2v) is 3.51. The largest absolute Gasteiger partial charge is 0.481 e. The summed E-state index contributed by atoms with van der Waals surface area (Å²) in [6, 6.07) is 3.62. The molecule has 0 fully saturated rings. The van der Waals surface area contributed by atoms with Crippen molar-refractivity contribution in [3.63, 3.8) is 0 Å². The lowest BCUT2D eigenvalue weighted by Crippen LogP contribution is -1.99. The van der Waals surface area contributed by atoms with E-state index in [-0.39, 0.29) is 6.42 Å². The van der Waals surface area contributed by atoms with Crippen LogP contribution in [0.2, 0.25) is 0 Å². The number of aryl methyl sites for hydroxylation is 1. The number of anilines is 1.